The highest BCUT2D eigenvalue weighted by Crippen LogP contribution is 2.27. The molecule has 0 N–H and O–H groups in total. The molecule has 0 fully saturated rings. The smallest absolute Gasteiger partial charge is 0.274 e. The number of fused-ring (bicyclic) bond motifs is 1. The van der Waals surface area contributed by atoms with Gasteiger partial charge in [0.25, 0.3) is 5.91 Å². The number of hydrogen-bond acceptors (Lipinski definition) is 4. The van der Waals surface area contributed by atoms with Crippen LogP contribution in [0, 0.1) is 0 Å². The third kappa shape index (κ3) is 3.44. The van der Waals surface area contributed by atoms with Gasteiger partial charge in [-0.05, 0) is 30.9 Å². The molecule has 3 aliphatic heterocycles. The first-order valence-corrected chi connectivity index (χ1v) is 9.75. The summed E-state index contributed by atoms with van der Waals surface area (Å²) in [6, 6.07) is 1.64. The Hall–Kier alpha value is -2.96. The summed E-state index contributed by atoms with van der Waals surface area (Å²) in [4.78, 5) is 40.8. The second-order valence-electron chi connectivity index (χ2n) is 7.47. The average molecular weight is 380 g/mol. The lowest BCUT2D eigenvalue weighted by Gasteiger charge is -2.21. The van der Waals surface area contributed by atoms with Crippen LogP contribution in [0.3, 0.4) is 0 Å². The van der Waals surface area contributed by atoms with E-state index in [1.54, 1.807) is 32.7 Å². The van der Waals surface area contributed by atoms with Crippen molar-refractivity contribution in [2.75, 3.05) is 26.2 Å². The predicted octanol–water partition coefficient (Wildman–Crippen LogP) is 1.98. The van der Waals surface area contributed by atoms with E-state index in [2.05, 4.69) is 5.10 Å². The molecular formula is C21H24N4O3. The zero-order chi connectivity index (χ0) is 19.7. The molecule has 0 radical (unpaired) electrons. The number of nitrogens with zero attached hydrogens (tertiary/aromatic N) is 4. The molecule has 1 aromatic heterocycles. The molecule has 1 aromatic rings. The highest BCUT2D eigenvalue weighted by atomic mass is 16.2. The molecule has 0 aliphatic carbocycles. The molecule has 2 amide bonds. The number of Topliss-reactive ketones (excluding diaryl/α,β-unsaturated/α-hetero) is 1. The second-order valence-corrected chi connectivity index (χ2v) is 7.47. The van der Waals surface area contributed by atoms with Crippen molar-refractivity contribution in [3.8, 4) is 0 Å². The SMILES string of the molecule is C/C=C/C=C/C(=O)N1CC2=C(C1)CN(C(=O)c1cc3n(n1)CCCCC3=O)C2. The highest BCUT2D eigenvalue weighted by molar-refractivity contribution is 5.99. The molecule has 0 unspecified atom stereocenters. The summed E-state index contributed by atoms with van der Waals surface area (Å²) in [6.07, 6.45) is 9.30. The van der Waals surface area contributed by atoms with Crippen LogP contribution in [-0.4, -0.2) is 63.4 Å². The Morgan fingerprint density at radius 3 is 2.46 bits per heavy atom. The Kier molecular flexibility index (Phi) is 4.98. The number of carbonyl (C=O) groups is 3. The van der Waals surface area contributed by atoms with Crippen LogP contribution in [0.1, 0.15) is 47.2 Å². The molecule has 0 atom stereocenters. The third-order valence-corrected chi connectivity index (χ3v) is 5.48. The fraction of sp³-hybridized carbons (Fsp3) is 0.429. The molecule has 7 nitrogen and oxygen atoms in total. The predicted molar refractivity (Wildman–Crippen MR) is 104 cm³/mol. The van der Waals surface area contributed by atoms with Crippen molar-refractivity contribution in [3.05, 3.63) is 52.9 Å². The zero-order valence-electron chi connectivity index (χ0n) is 16.1. The molecule has 0 bridgehead atoms. The minimum absolute atomic E-state index is 0.0123. The monoisotopic (exact) mass is 380 g/mol. The van der Waals surface area contributed by atoms with Gasteiger partial charge in [0.15, 0.2) is 11.5 Å². The zero-order valence-corrected chi connectivity index (χ0v) is 16.1. The maximum Gasteiger partial charge on any atom is 0.274 e. The quantitative estimate of drug-likeness (QED) is 0.456. The Morgan fingerprint density at radius 1 is 1.04 bits per heavy atom. The summed E-state index contributed by atoms with van der Waals surface area (Å²) in [7, 11) is 0. The van der Waals surface area contributed by atoms with E-state index < -0.39 is 0 Å². The lowest BCUT2D eigenvalue weighted by Crippen LogP contribution is -2.36. The van der Waals surface area contributed by atoms with Crippen molar-refractivity contribution in [2.45, 2.75) is 32.7 Å². The highest BCUT2D eigenvalue weighted by Gasteiger charge is 2.35. The fourth-order valence-electron chi connectivity index (χ4n) is 3.99. The van der Waals surface area contributed by atoms with Gasteiger partial charge >= 0.3 is 0 Å². The van der Waals surface area contributed by atoms with Crippen LogP contribution in [0.2, 0.25) is 0 Å². The van der Waals surface area contributed by atoms with E-state index in [9.17, 15) is 14.4 Å². The van der Waals surface area contributed by atoms with Gasteiger partial charge in [-0.25, -0.2) is 0 Å². The first-order valence-electron chi connectivity index (χ1n) is 9.75. The molecule has 146 valence electrons. The van der Waals surface area contributed by atoms with Gasteiger partial charge in [0, 0.05) is 51.3 Å². The van der Waals surface area contributed by atoms with E-state index >= 15 is 0 Å². The van der Waals surface area contributed by atoms with Gasteiger partial charge in [-0.15, -0.1) is 0 Å². The summed E-state index contributed by atoms with van der Waals surface area (Å²) in [5, 5.41) is 4.39. The number of aromatic nitrogens is 2. The lowest BCUT2D eigenvalue weighted by molar-refractivity contribution is -0.124. The lowest BCUT2D eigenvalue weighted by atomic mass is 10.1. The van der Waals surface area contributed by atoms with Crippen molar-refractivity contribution in [1.29, 1.82) is 0 Å². The first-order chi connectivity index (χ1) is 13.6. The van der Waals surface area contributed by atoms with Crippen LogP contribution in [0.15, 0.2) is 41.5 Å². The van der Waals surface area contributed by atoms with E-state index in [-0.39, 0.29) is 17.6 Å². The fourth-order valence-corrected chi connectivity index (χ4v) is 3.99. The Balaban J connectivity index is 1.39. The molecule has 3 aliphatic rings. The summed E-state index contributed by atoms with van der Waals surface area (Å²) in [5.41, 5.74) is 3.16. The van der Waals surface area contributed by atoms with Crippen molar-refractivity contribution >= 4 is 17.6 Å². The molecule has 0 saturated carbocycles. The van der Waals surface area contributed by atoms with Gasteiger partial charge in [-0.1, -0.05) is 18.2 Å². The molecular weight excluding hydrogens is 356 g/mol. The average Bonchev–Trinajstić information content (AvgIpc) is 3.35. The molecule has 7 heteroatoms. The maximum atomic E-state index is 12.9. The molecule has 4 rings (SSSR count). The number of amides is 2. The van der Waals surface area contributed by atoms with Gasteiger partial charge in [-0.3, -0.25) is 19.1 Å². The van der Waals surface area contributed by atoms with Crippen molar-refractivity contribution in [3.63, 3.8) is 0 Å². The summed E-state index contributed by atoms with van der Waals surface area (Å²) in [5.74, 6) is -0.0958. The summed E-state index contributed by atoms with van der Waals surface area (Å²) < 4.78 is 1.68. The van der Waals surface area contributed by atoms with Crippen LogP contribution < -0.4 is 0 Å². The molecule has 28 heavy (non-hydrogen) atoms. The van der Waals surface area contributed by atoms with Crippen LogP contribution in [0.5, 0.6) is 0 Å². The topological polar surface area (TPSA) is 75.5 Å². The number of rotatable bonds is 3. The summed E-state index contributed by atoms with van der Waals surface area (Å²) >= 11 is 0. The van der Waals surface area contributed by atoms with Crippen LogP contribution >= 0.6 is 0 Å². The van der Waals surface area contributed by atoms with Gasteiger partial charge in [0.1, 0.15) is 5.69 Å². The second kappa shape index (κ2) is 7.58. The van der Waals surface area contributed by atoms with Crippen LogP contribution in [0.4, 0.5) is 0 Å². The minimum Gasteiger partial charge on any atom is -0.331 e. The number of carbonyl (C=O) groups excluding carboxylic acids is 3. The molecule has 4 heterocycles. The third-order valence-electron chi connectivity index (χ3n) is 5.48. The summed E-state index contributed by atoms with van der Waals surface area (Å²) in [6.45, 7) is 4.76. The molecule has 0 aromatic carbocycles. The molecule has 0 spiro atoms. The van der Waals surface area contributed by atoms with E-state index in [1.165, 1.54) is 0 Å². The Morgan fingerprint density at radius 2 is 1.75 bits per heavy atom. The standard InChI is InChI=1S/C21H24N4O3/c1-2-3-4-8-20(27)23-11-15-13-24(14-16(15)12-23)21(28)17-10-18-19(26)7-5-6-9-25(18)22-17/h2-4,8,10H,5-7,9,11-14H2,1H3/b3-2+,8-4+. The van der Waals surface area contributed by atoms with E-state index in [0.717, 1.165) is 24.0 Å². The number of aryl methyl sites for hydroxylation is 1. The van der Waals surface area contributed by atoms with Crippen molar-refractivity contribution in [1.82, 2.24) is 19.6 Å². The number of allylic oxidation sites excluding steroid dienone is 3. The largest absolute Gasteiger partial charge is 0.331 e. The van der Waals surface area contributed by atoms with E-state index in [4.69, 9.17) is 0 Å². The van der Waals surface area contributed by atoms with Crippen molar-refractivity contribution in [2.24, 2.45) is 0 Å². The number of ketones is 1. The normalized spacial score (nSPS) is 19.7. The molecule has 0 saturated heterocycles. The van der Waals surface area contributed by atoms with Crippen molar-refractivity contribution < 1.29 is 14.4 Å². The van der Waals surface area contributed by atoms with E-state index in [1.807, 2.05) is 19.1 Å². The Bertz CT molecular complexity index is 904. The van der Waals surface area contributed by atoms with Crippen LogP contribution in [0.25, 0.3) is 0 Å². The number of hydrogen-bond donors (Lipinski definition) is 0. The van der Waals surface area contributed by atoms with Gasteiger partial charge in [0.05, 0.1) is 0 Å². The van der Waals surface area contributed by atoms with E-state index in [0.29, 0.717) is 50.5 Å². The van der Waals surface area contributed by atoms with Gasteiger partial charge < -0.3 is 9.80 Å². The maximum absolute atomic E-state index is 12.9. The van der Waals surface area contributed by atoms with Gasteiger partial charge in [0.2, 0.25) is 5.91 Å². The minimum atomic E-state index is -0.145. The van der Waals surface area contributed by atoms with Crippen LogP contribution in [-0.2, 0) is 11.3 Å². The Labute approximate surface area is 164 Å². The first kappa shape index (κ1) is 18.4. The van der Waals surface area contributed by atoms with Gasteiger partial charge in [-0.2, -0.15) is 5.10 Å².